The van der Waals surface area contributed by atoms with E-state index in [1.54, 1.807) is 0 Å². The van der Waals surface area contributed by atoms with Gasteiger partial charge in [0.25, 0.3) is 0 Å². The second kappa shape index (κ2) is 5.51. The van der Waals surface area contributed by atoms with Crippen LogP contribution in [0.2, 0.25) is 0 Å². The molecule has 3 aromatic heterocycles. The maximum absolute atomic E-state index is 13.7. The number of rotatable bonds is 2. The molecular formula is C15H7F4N3. The van der Waals surface area contributed by atoms with Gasteiger partial charge in [0.1, 0.15) is 0 Å². The molecule has 3 rings (SSSR count). The fourth-order valence-corrected chi connectivity index (χ4v) is 1.94. The Hall–Kier alpha value is -2.83. The molecule has 0 bridgehead atoms. The Morgan fingerprint density at radius 1 is 0.545 bits per heavy atom. The quantitative estimate of drug-likeness (QED) is 0.534. The molecule has 110 valence electrons. The smallest absolute Gasteiger partial charge is 0.224 e. The van der Waals surface area contributed by atoms with Crippen molar-refractivity contribution in [3.05, 3.63) is 66.3 Å². The van der Waals surface area contributed by atoms with Crippen LogP contribution in [0.1, 0.15) is 0 Å². The average molecular weight is 305 g/mol. The van der Waals surface area contributed by atoms with Crippen molar-refractivity contribution in [1.29, 1.82) is 0 Å². The van der Waals surface area contributed by atoms with Gasteiger partial charge in [0.15, 0.2) is 0 Å². The summed E-state index contributed by atoms with van der Waals surface area (Å²) in [5, 5.41) is 0. The Morgan fingerprint density at radius 3 is 1.41 bits per heavy atom. The van der Waals surface area contributed by atoms with Gasteiger partial charge in [-0.3, -0.25) is 0 Å². The lowest BCUT2D eigenvalue weighted by molar-refractivity contribution is 0.515. The van der Waals surface area contributed by atoms with Gasteiger partial charge in [0, 0.05) is 0 Å². The maximum Gasteiger partial charge on any atom is 0.224 e. The molecule has 3 aromatic rings. The zero-order chi connectivity index (χ0) is 15.7. The Kier molecular flexibility index (Phi) is 3.54. The first-order chi connectivity index (χ1) is 10.5. The van der Waals surface area contributed by atoms with Crippen LogP contribution in [0.25, 0.3) is 22.5 Å². The number of hydrogen-bond donors (Lipinski definition) is 0. The molecule has 0 aliphatic carbocycles. The third-order valence-corrected chi connectivity index (χ3v) is 2.93. The zero-order valence-corrected chi connectivity index (χ0v) is 10.9. The molecule has 0 aliphatic heterocycles. The molecule has 0 spiro atoms. The van der Waals surface area contributed by atoms with Gasteiger partial charge in [-0.1, -0.05) is 6.07 Å². The van der Waals surface area contributed by atoms with Crippen LogP contribution in [0.15, 0.2) is 42.5 Å². The maximum atomic E-state index is 13.7. The molecule has 3 heterocycles. The monoisotopic (exact) mass is 305 g/mol. The normalized spacial score (nSPS) is 10.7. The SMILES string of the molecule is Fc1ccc(-c2cccc(-c3ccc(F)nc3F)n2)c(F)n1. The lowest BCUT2D eigenvalue weighted by Gasteiger charge is -2.06. The van der Waals surface area contributed by atoms with E-state index in [0.29, 0.717) is 0 Å². The highest BCUT2D eigenvalue weighted by atomic mass is 19.1. The van der Waals surface area contributed by atoms with Gasteiger partial charge in [-0.05, 0) is 36.4 Å². The predicted octanol–water partition coefficient (Wildman–Crippen LogP) is 3.76. The van der Waals surface area contributed by atoms with Crippen LogP contribution in [0.5, 0.6) is 0 Å². The molecular weight excluding hydrogens is 298 g/mol. The van der Waals surface area contributed by atoms with Gasteiger partial charge in [-0.25, -0.2) is 4.98 Å². The molecule has 0 atom stereocenters. The molecule has 3 nitrogen and oxygen atoms in total. The van der Waals surface area contributed by atoms with E-state index in [-0.39, 0.29) is 22.5 Å². The first-order valence-electron chi connectivity index (χ1n) is 6.16. The summed E-state index contributed by atoms with van der Waals surface area (Å²) in [7, 11) is 0. The summed E-state index contributed by atoms with van der Waals surface area (Å²) in [6.45, 7) is 0. The van der Waals surface area contributed by atoms with Crippen LogP contribution in [-0.4, -0.2) is 15.0 Å². The van der Waals surface area contributed by atoms with E-state index in [1.807, 2.05) is 0 Å². The Balaban J connectivity index is 2.10. The minimum absolute atomic E-state index is 0.0290. The molecule has 0 aromatic carbocycles. The van der Waals surface area contributed by atoms with Crippen LogP contribution in [0.4, 0.5) is 17.6 Å². The van der Waals surface area contributed by atoms with E-state index in [9.17, 15) is 17.6 Å². The highest BCUT2D eigenvalue weighted by Crippen LogP contribution is 2.25. The van der Waals surface area contributed by atoms with Crippen molar-refractivity contribution in [2.24, 2.45) is 0 Å². The molecule has 0 N–H and O–H groups in total. The van der Waals surface area contributed by atoms with Crippen molar-refractivity contribution in [3.8, 4) is 22.5 Å². The zero-order valence-electron chi connectivity index (χ0n) is 10.9. The van der Waals surface area contributed by atoms with E-state index in [1.165, 1.54) is 30.3 Å². The minimum Gasteiger partial charge on any atom is -0.247 e. The molecule has 0 radical (unpaired) electrons. The first kappa shape index (κ1) is 14.1. The lowest BCUT2D eigenvalue weighted by Crippen LogP contribution is -1.97. The van der Waals surface area contributed by atoms with Gasteiger partial charge in [0.2, 0.25) is 23.8 Å². The minimum atomic E-state index is -1.03. The summed E-state index contributed by atoms with van der Waals surface area (Å²) >= 11 is 0. The van der Waals surface area contributed by atoms with Gasteiger partial charge in [-0.2, -0.15) is 27.5 Å². The average Bonchev–Trinajstić information content (AvgIpc) is 2.47. The third-order valence-electron chi connectivity index (χ3n) is 2.93. The Bertz CT molecular complexity index is 785. The molecule has 22 heavy (non-hydrogen) atoms. The summed E-state index contributed by atoms with van der Waals surface area (Å²) in [6, 6.07) is 8.81. The molecule has 0 fully saturated rings. The summed E-state index contributed by atoms with van der Waals surface area (Å²) in [5.41, 5.74) is 0.231. The Morgan fingerprint density at radius 2 is 1.00 bits per heavy atom. The number of hydrogen-bond acceptors (Lipinski definition) is 3. The Labute approximate surface area is 122 Å². The highest BCUT2D eigenvalue weighted by Gasteiger charge is 2.13. The summed E-state index contributed by atoms with van der Waals surface area (Å²) in [6.07, 6.45) is 0. The summed E-state index contributed by atoms with van der Waals surface area (Å²) in [5.74, 6) is -3.96. The molecule has 0 aliphatic rings. The van der Waals surface area contributed by atoms with Gasteiger partial charge in [-0.15, -0.1) is 0 Å². The largest absolute Gasteiger partial charge is 0.247 e. The van der Waals surface area contributed by atoms with Crippen molar-refractivity contribution in [2.45, 2.75) is 0 Å². The molecule has 0 amide bonds. The number of pyridine rings is 3. The predicted molar refractivity (Wildman–Crippen MR) is 70.5 cm³/mol. The second-order valence-corrected chi connectivity index (χ2v) is 4.35. The highest BCUT2D eigenvalue weighted by molar-refractivity contribution is 5.65. The van der Waals surface area contributed by atoms with Crippen LogP contribution >= 0.6 is 0 Å². The van der Waals surface area contributed by atoms with E-state index in [2.05, 4.69) is 15.0 Å². The summed E-state index contributed by atoms with van der Waals surface area (Å²) < 4.78 is 53.0. The fourth-order valence-electron chi connectivity index (χ4n) is 1.94. The lowest BCUT2D eigenvalue weighted by atomic mass is 10.1. The first-order valence-corrected chi connectivity index (χ1v) is 6.16. The fraction of sp³-hybridized carbons (Fsp3) is 0. The molecule has 0 unspecified atom stereocenters. The number of nitrogens with zero attached hydrogens (tertiary/aromatic N) is 3. The number of aromatic nitrogens is 3. The molecule has 0 saturated carbocycles. The van der Waals surface area contributed by atoms with Crippen molar-refractivity contribution in [3.63, 3.8) is 0 Å². The van der Waals surface area contributed by atoms with Crippen molar-refractivity contribution in [2.75, 3.05) is 0 Å². The van der Waals surface area contributed by atoms with Crippen molar-refractivity contribution < 1.29 is 17.6 Å². The van der Waals surface area contributed by atoms with Crippen LogP contribution < -0.4 is 0 Å². The van der Waals surface area contributed by atoms with Crippen molar-refractivity contribution >= 4 is 0 Å². The van der Waals surface area contributed by atoms with E-state index < -0.39 is 23.8 Å². The van der Waals surface area contributed by atoms with E-state index in [0.717, 1.165) is 12.1 Å². The van der Waals surface area contributed by atoms with Crippen LogP contribution in [0.3, 0.4) is 0 Å². The van der Waals surface area contributed by atoms with Crippen LogP contribution in [0, 0.1) is 23.8 Å². The van der Waals surface area contributed by atoms with E-state index >= 15 is 0 Å². The standard InChI is InChI=1S/C15H7F4N3/c16-12-6-4-8(14(18)21-12)10-2-1-3-11(20-10)9-5-7-13(17)22-15(9)19/h1-7H. The number of halogens is 4. The molecule has 0 saturated heterocycles. The third kappa shape index (κ3) is 2.65. The topological polar surface area (TPSA) is 38.7 Å². The van der Waals surface area contributed by atoms with Gasteiger partial charge < -0.3 is 0 Å². The van der Waals surface area contributed by atoms with Crippen LogP contribution in [-0.2, 0) is 0 Å². The van der Waals surface area contributed by atoms with Gasteiger partial charge in [0.05, 0.1) is 22.5 Å². The van der Waals surface area contributed by atoms with Crippen molar-refractivity contribution in [1.82, 2.24) is 15.0 Å². The molecule has 7 heteroatoms. The van der Waals surface area contributed by atoms with E-state index in [4.69, 9.17) is 0 Å². The summed E-state index contributed by atoms with van der Waals surface area (Å²) in [4.78, 5) is 10.2. The van der Waals surface area contributed by atoms with Gasteiger partial charge >= 0.3 is 0 Å². The second-order valence-electron chi connectivity index (χ2n) is 4.35.